The number of rotatable bonds is 15. The van der Waals surface area contributed by atoms with Crippen LogP contribution in [0.15, 0.2) is 44.3 Å². The Morgan fingerprint density at radius 1 is 1.09 bits per heavy atom. The van der Waals surface area contributed by atoms with Gasteiger partial charge in [-0.1, -0.05) is 27.2 Å². The fourth-order valence-corrected chi connectivity index (χ4v) is 7.16. The van der Waals surface area contributed by atoms with Crippen molar-refractivity contribution in [1.29, 1.82) is 0 Å². The van der Waals surface area contributed by atoms with Gasteiger partial charge < -0.3 is 14.4 Å². The number of ether oxygens (including phenoxy) is 1. The molecule has 2 atom stereocenters. The van der Waals surface area contributed by atoms with Gasteiger partial charge in [-0.2, -0.15) is 4.31 Å². The number of piperidine rings is 1. The lowest BCUT2D eigenvalue weighted by Crippen LogP contribution is -2.43. The molecule has 3 aliphatic rings. The molecule has 0 amide bonds. The smallest absolute Gasteiger partial charge is 0.294 e. The predicted octanol–water partition coefficient (Wildman–Crippen LogP) is 3.71. The fourth-order valence-electron chi connectivity index (χ4n) is 5.66. The zero-order valence-corrected chi connectivity index (χ0v) is 25.8. The summed E-state index contributed by atoms with van der Waals surface area (Å²) in [4.78, 5) is 53.1. The minimum atomic E-state index is -4.01. The number of Topliss-reactive ketones (excluding diaryl/α,β-unsaturated/α-hetero) is 1. The van der Waals surface area contributed by atoms with E-state index in [2.05, 4.69) is 14.7 Å². The number of carbonyl (C=O) groups is 1. The molecule has 1 fully saturated rings. The minimum absolute atomic E-state index is 0.0114. The van der Waals surface area contributed by atoms with Gasteiger partial charge in [-0.3, -0.25) is 9.79 Å². The van der Waals surface area contributed by atoms with E-state index in [4.69, 9.17) is 9.73 Å². The van der Waals surface area contributed by atoms with Crippen molar-refractivity contribution in [2.45, 2.75) is 82.8 Å². The molecule has 1 aromatic carbocycles. The van der Waals surface area contributed by atoms with Gasteiger partial charge >= 0.3 is 0 Å². The molecule has 0 saturated carbocycles. The zero-order valence-electron chi connectivity index (χ0n) is 25.0. The van der Waals surface area contributed by atoms with Crippen molar-refractivity contribution in [3.8, 4) is 5.75 Å². The summed E-state index contributed by atoms with van der Waals surface area (Å²) < 4.78 is 34.8. The number of ketones is 1. The van der Waals surface area contributed by atoms with Gasteiger partial charge in [0.15, 0.2) is 5.78 Å². The highest BCUT2D eigenvalue weighted by Gasteiger charge is 2.37. The monoisotopic (exact) mass is 635 g/mol. The highest BCUT2D eigenvalue weighted by Crippen LogP contribution is 2.36. The summed E-state index contributed by atoms with van der Waals surface area (Å²) in [5.74, 6) is -0.130. The summed E-state index contributed by atoms with van der Waals surface area (Å²) in [6.07, 6.45) is 2.20. The van der Waals surface area contributed by atoms with E-state index < -0.39 is 44.9 Å². The first kappa shape index (κ1) is 33.0. The highest BCUT2D eigenvalue weighted by atomic mass is 32.2. The molecule has 0 aromatic heterocycles. The maximum Gasteiger partial charge on any atom is 0.294 e. The van der Waals surface area contributed by atoms with Crippen molar-refractivity contribution >= 4 is 27.2 Å². The van der Waals surface area contributed by atoms with Crippen LogP contribution in [0, 0.1) is 26.1 Å². The van der Waals surface area contributed by atoms with E-state index in [0.29, 0.717) is 47.7 Å². The molecule has 1 saturated heterocycles. The van der Waals surface area contributed by atoms with Crippen LogP contribution in [0.3, 0.4) is 0 Å². The number of hydrogen-bond acceptors (Lipinski definition) is 12. The Labute approximate surface area is 255 Å². The van der Waals surface area contributed by atoms with Crippen molar-refractivity contribution in [3.05, 3.63) is 55.3 Å². The van der Waals surface area contributed by atoms with E-state index in [0.717, 1.165) is 18.6 Å². The molecule has 0 bridgehead atoms. The molecule has 0 spiro atoms. The van der Waals surface area contributed by atoms with E-state index >= 15 is 0 Å². The number of allylic oxidation sites excluding steroid dienone is 1. The van der Waals surface area contributed by atoms with Gasteiger partial charge in [-0.25, -0.2) is 13.4 Å². The van der Waals surface area contributed by atoms with Crippen LogP contribution >= 0.6 is 0 Å². The number of carbonyl (C=O) groups excluding carboxylic acids is 1. The molecule has 0 radical (unpaired) electrons. The van der Waals surface area contributed by atoms with Crippen LogP contribution in [0.2, 0.25) is 0 Å². The molecule has 1 aromatic rings. The first-order valence-electron chi connectivity index (χ1n) is 14.8. The summed E-state index contributed by atoms with van der Waals surface area (Å²) >= 11 is 0. The predicted molar refractivity (Wildman–Crippen MR) is 158 cm³/mol. The normalized spacial score (nSPS) is 20.1. The van der Waals surface area contributed by atoms with Crippen LogP contribution in [0.25, 0.3) is 0 Å². The number of aliphatic imine (C=N–C) groups is 2. The third kappa shape index (κ3) is 7.23. The second kappa shape index (κ2) is 14.2. The Hall–Kier alpha value is -3.92. The average molecular weight is 636 g/mol. The van der Waals surface area contributed by atoms with Crippen molar-refractivity contribution < 1.29 is 37.8 Å². The van der Waals surface area contributed by atoms with Crippen molar-refractivity contribution in [2.24, 2.45) is 15.9 Å². The topological polar surface area (TPSA) is 193 Å². The fraction of sp³-hybridized carbons (Fsp3) is 0.607. The third-order valence-corrected chi connectivity index (χ3v) is 9.78. The van der Waals surface area contributed by atoms with Gasteiger partial charge in [0.25, 0.3) is 10.2 Å². The number of benzene rings is 1. The Kier molecular flexibility index (Phi) is 10.7. The summed E-state index contributed by atoms with van der Waals surface area (Å²) in [5, 5.41) is 19.4. The standard InChI is InChI=1S/C28H37N5O10S/c1-4-7-23-27-21(28(34)22(6-3)29-23)16-24(30-27)20-15-19(8-9-25(20)41-14-5-2)44(39,40)31-12-10-18(11-13-31)26(43-33(37)38)17-42-32(35)36/h8-9,15,18,22,26H,4-7,10-14,16-17H2,1-3H3/t22?,26-/m1/s1. The minimum Gasteiger partial charge on any atom is -0.493 e. The molecule has 0 aliphatic carbocycles. The lowest BCUT2D eigenvalue weighted by Gasteiger charge is -2.34. The van der Waals surface area contributed by atoms with Gasteiger partial charge in [0.2, 0.25) is 10.0 Å². The average Bonchev–Trinajstić information content (AvgIpc) is 3.45. The molecular formula is C28H37N5O10S. The summed E-state index contributed by atoms with van der Waals surface area (Å²) in [6.45, 7) is 5.71. The number of sulfonamides is 1. The molecule has 44 heavy (non-hydrogen) atoms. The van der Waals surface area contributed by atoms with Crippen LogP contribution < -0.4 is 4.74 Å². The van der Waals surface area contributed by atoms with Crippen LogP contribution in [0.1, 0.15) is 71.3 Å². The Bertz CT molecular complexity index is 1480. The van der Waals surface area contributed by atoms with Crippen molar-refractivity contribution in [3.63, 3.8) is 0 Å². The van der Waals surface area contributed by atoms with Crippen molar-refractivity contribution in [2.75, 3.05) is 26.3 Å². The molecule has 3 heterocycles. The quantitative estimate of drug-likeness (QED) is 0.203. The van der Waals surface area contributed by atoms with Crippen LogP contribution in [0.5, 0.6) is 5.75 Å². The van der Waals surface area contributed by atoms with E-state index in [1.807, 2.05) is 20.8 Å². The van der Waals surface area contributed by atoms with E-state index in [-0.39, 0.29) is 43.0 Å². The summed E-state index contributed by atoms with van der Waals surface area (Å²) in [5.41, 5.74) is 2.97. The molecule has 0 N–H and O–H groups in total. The van der Waals surface area contributed by atoms with Crippen LogP contribution in [-0.2, 0) is 24.5 Å². The zero-order chi connectivity index (χ0) is 32.0. The first-order chi connectivity index (χ1) is 21.0. The lowest BCUT2D eigenvalue weighted by atomic mass is 9.91. The largest absolute Gasteiger partial charge is 0.493 e. The van der Waals surface area contributed by atoms with Gasteiger partial charge in [-0.05, 0) is 56.2 Å². The van der Waals surface area contributed by atoms with Crippen LogP contribution in [0.4, 0.5) is 0 Å². The van der Waals surface area contributed by atoms with E-state index in [9.17, 15) is 33.4 Å². The highest BCUT2D eigenvalue weighted by molar-refractivity contribution is 7.89. The first-order valence-corrected chi connectivity index (χ1v) is 16.2. The lowest BCUT2D eigenvalue weighted by molar-refractivity contribution is -0.791. The van der Waals surface area contributed by atoms with Crippen LogP contribution in [-0.4, -0.2) is 78.6 Å². The second-order valence-corrected chi connectivity index (χ2v) is 12.7. The van der Waals surface area contributed by atoms with Gasteiger partial charge in [-0.15, -0.1) is 20.2 Å². The molecule has 240 valence electrons. The number of hydrogen-bond donors (Lipinski definition) is 0. The molecule has 15 nitrogen and oxygen atoms in total. The second-order valence-electron chi connectivity index (χ2n) is 10.8. The Balaban J connectivity index is 1.59. The molecule has 16 heteroatoms. The SMILES string of the molecule is CCCOc1ccc(S(=O)(=O)N2CCC([C@@H](CO[N+](=O)[O-])O[N+](=O)[O-])CC2)cc1C1=NC2=C(C1)C(=O)C(CC)N=C2CCC. The van der Waals surface area contributed by atoms with Gasteiger partial charge in [0.1, 0.15) is 24.5 Å². The summed E-state index contributed by atoms with van der Waals surface area (Å²) in [7, 11) is -4.01. The van der Waals surface area contributed by atoms with Gasteiger partial charge in [0, 0.05) is 30.6 Å². The summed E-state index contributed by atoms with van der Waals surface area (Å²) in [6, 6.07) is 4.13. The Morgan fingerprint density at radius 2 is 1.82 bits per heavy atom. The van der Waals surface area contributed by atoms with Gasteiger partial charge in [0.05, 0.1) is 28.6 Å². The number of nitrogens with zero attached hydrogens (tertiary/aromatic N) is 5. The molecule has 1 unspecified atom stereocenters. The van der Waals surface area contributed by atoms with E-state index in [1.165, 1.54) is 16.4 Å². The maximum atomic E-state index is 13.8. The molecule has 3 aliphatic heterocycles. The van der Waals surface area contributed by atoms with E-state index in [1.54, 1.807) is 6.07 Å². The van der Waals surface area contributed by atoms with Crippen molar-refractivity contribution in [1.82, 2.24) is 4.31 Å². The molecule has 4 rings (SSSR count). The maximum absolute atomic E-state index is 13.8. The molecular weight excluding hydrogens is 598 g/mol. The Morgan fingerprint density at radius 3 is 2.43 bits per heavy atom. The third-order valence-electron chi connectivity index (χ3n) is 7.89. The number of dihydropyridines is 1.